The van der Waals surface area contributed by atoms with Crippen LogP contribution in [0.3, 0.4) is 0 Å². The zero-order valence-corrected chi connectivity index (χ0v) is 22.6. The standard InChI is InChI=1S/C26H55BrP/c1-4-7-10-13-16-19-23-28(26-22-27,24-20-17-14-11-8-5-2)25-21-18-15-12-9-6-3/h4-26H2,1-3H3/q+1. The first kappa shape index (κ1) is 28.9. The van der Waals surface area contributed by atoms with Crippen molar-refractivity contribution in [2.75, 3.05) is 30.0 Å². The molecule has 0 bridgehead atoms. The van der Waals surface area contributed by atoms with Crippen molar-refractivity contribution in [2.45, 2.75) is 136 Å². The van der Waals surface area contributed by atoms with Gasteiger partial charge < -0.3 is 0 Å². The van der Waals surface area contributed by atoms with E-state index in [4.69, 9.17) is 0 Å². The monoisotopic (exact) mass is 477 g/mol. The topological polar surface area (TPSA) is 0 Å². The Morgan fingerprint density at radius 2 is 0.679 bits per heavy atom. The van der Waals surface area contributed by atoms with E-state index in [9.17, 15) is 0 Å². The molecule has 0 heterocycles. The Morgan fingerprint density at radius 1 is 0.393 bits per heavy atom. The Labute approximate surface area is 189 Å². The predicted molar refractivity (Wildman–Crippen MR) is 140 cm³/mol. The summed E-state index contributed by atoms with van der Waals surface area (Å²) in [7, 11) is -0.710. The molecule has 0 radical (unpaired) electrons. The van der Waals surface area contributed by atoms with E-state index in [1.807, 2.05) is 0 Å². The van der Waals surface area contributed by atoms with Gasteiger partial charge in [0, 0.05) is 12.6 Å². The summed E-state index contributed by atoms with van der Waals surface area (Å²) in [5.74, 6) is 0. The average molecular weight is 479 g/mol. The summed E-state index contributed by atoms with van der Waals surface area (Å²) in [4.78, 5) is 0. The number of unbranched alkanes of at least 4 members (excludes halogenated alkanes) is 15. The Hall–Kier alpha value is 0.910. The second-order valence-electron chi connectivity index (χ2n) is 9.23. The zero-order valence-electron chi connectivity index (χ0n) is 20.1. The van der Waals surface area contributed by atoms with Crippen LogP contribution in [0.5, 0.6) is 0 Å². The molecule has 0 saturated carbocycles. The summed E-state index contributed by atoms with van der Waals surface area (Å²) >= 11 is 3.84. The third-order valence-electron chi connectivity index (χ3n) is 6.52. The number of hydrogen-bond acceptors (Lipinski definition) is 0. The summed E-state index contributed by atoms with van der Waals surface area (Å²) in [5, 5.41) is 1.25. The molecule has 2 heteroatoms. The molecule has 0 amide bonds. The van der Waals surface area contributed by atoms with Crippen molar-refractivity contribution in [3.05, 3.63) is 0 Å². The van der Waals surface area contributed by atoms with Crippen molar-refractivity contribution < 1.29 is 0 Å². The SMILES string of the molecule is CCCCCCCC[P+](CCBr)(CCCCCCCC)CCCCCCCC. The van der Waals surface area contributed by atoms with Crippen LogP contribution in [0.25, 0.3) is 0 Å². The number of halogens is 1. The first-order chi connectivity index (χ1) is 13.7. The molecule has 0 atom stereocenters. The molecule has 0 fully saturated rings. The van der Waals surface area contributed by atoms with Crippen molar-refractivity contribution in [3.8, 4) is 0 Å². The quantitative estimate of drug-likeness (QED) is 0.0778. The fourth-order valence-electron chi connectivity index (χ4n) is 4.53. The second-order valence-corrected chi connectivity index (χ2v) is 14.5. The lowest BCUT2D eigenvalue weighted by Gasteiger charge is -2.28. The minimum absolute atomic E-state index is 0.710. The molecule has 0 unspecified atom stereocenters. The van der Waals surface area contributed by atoms with Gasteiger partial charge in [0.15, 0.2) is 0 Å². The van der Waals surface area contributed by atoms with E-state index >= 15 is 0 Å². The Bertz CT molecular complexity index is 251. The molecule has 0 N–H and O–H groups in total. The lowest BCUT2D eigenvalue weighted by atomic mass is 10.1. The first-order valence-corrected chi connectivity index (χ1v) is 16.8. The Balaban J connectivity index is 4.39. The predicted octanol–water partition coefficient (Wildman–Crippen LogP) is 10.5. The van der Waals surface area contributed by atoms with Crippen LogP contribution < -0.4 is 0 Å². The van der Waals surface area contributed by atoms with Gasteiger partial charge in [-0.25, -0.2) is 0 Å². The molecular weight excluding hydrogens is 423 g/mol. The van der Waals surface area contributed by atoms with Crippen molar-refractivity contribution in [2.24, 2.45) is 0 Å². The van der Waals surface area contributed by atoms with Gasteiger partial charge in [-0.2, -0.15) is 0 Å². The van der Waals surface area contributed by atoms with Crippen LogP contribution in [-0.4, -0.2) is 30.0 Å². The summed E-state index contributed by atoms with van der Waals surface area (Å²) in [6, 6.07) is 0. The third kappa shape index (κ3) is 17.7. The molecule has 170 valence electrons. The van der Waals surface area contributed by atoms with Crippen LogP contribution in [0.1, 0.15) is 136 Å². The highest BCUT2D eigenvalue weighted by Gasteiger charge is 2.34. The minimum atomic E-state index is -0.710. The molecule has 28 heavy (non-hydrogen) atoms. The molecule has 0 nitrogen and oxygen atoms in total. The maximum absolute atomic E-state index is 3.84. The largest absolute Gasteiger partial charge is 0.0889 e. The smallest absolute Gasteiger partial charge is 0.0691 e. The third-order valence-corrected chi connectivity index (χ3v) is 12.5. The normalized spacial score (nSPS) is 12.0. The van der Waals surface area contributed by atoms with Gasteiger partial charge in [-0.1, -0.05) is 114 Å². The molecule has 0 aliphatic heterocycles. The molecule has 0 aromatic rings. The lowest BCUT2D eigenvalue weighted by Crippen LogP contribution is -2.14. The maximum Gasteiger partial charge on any atom is 0.0691 e. The summed E-state index contributed by atoms with van der Waals surface area (Å²) in [5.41, 5.74) is 0. The van der Waals surface area contributed by atoms with Crippen LogP contribution >= 0.6 is 23.2 Å². The molecule has 0 aromatic carbocycles. The van der Waals surface area contributed by atoms with E-state index in [-0.39, 0.29) is 0 Å². The van der Waals surface area contributed by atoms with E-state index in [0.717, 1.165) is 0 Å². The van der Waals surface area contributed by atoms with Crippen molar-refractivity contribution in [1.29, 1.82) is 0 Å². The van der Waals surface area contributed by atoms with E-state index in [1.165, 1.54) is 127 Å². The van der Waals surface area contributed by atoms with Gasteiger partial charge in [-0.15, -0.1) is 0 Å². The van der Waals surface area contributed by atoms with Crippen molar-refractivity contribution in [1.82, 2.24) is 0 Å². The molecule has 0 rings (SSSR count). The van der Waals surface area contributed by atoms with Gasteiger partial charge in [-0.3, -0.25) is 0 Å². The Kier molecular flexibility index (Phi) is 23.3. The van der Waals surface area contributed by atoms with E-state index in [0.29, 0.717) is 0 Å². The number of rotatable bonds is 23. The van der Waals surface area contributed by atoms with Gasteiger partial charge in [0.1, 0.15) is 0 Å². The summed E-state index contributed by atoms with van der Waals surface area (Å²) in [6.07, 6.45) is 32.7. The zero-order chi connectivity index (χ0) is 20.8. The van der Waals surface area contributed by atoms with Crippen molar-refractivity contribution >= 4 is 23.2 Å². The molecule has 0 saturated heterocycles. The molecule has 0 aromatic heterocycles. The van der Waals surface area contributed by atoms with Crippen LogP contribution in [0.2, 0.25) is 0 Å². The highest BCUT2D eigenvalue weighted by atomic mass is 79.9. The van der Waals surface area contributed by atoms with E-state index in [1.54, 1.807) is 18.5 Å². The molecule has 0 aliphatic carbocycles. The van der Waals surface area contributed by atoms with Gasteiger partial charge in [0.05, 0.1) is 24.6 Å². The molecule has 0 spiro atoms. The second kappa shape index (κ2) is 22.6. The van der Waals surface area contributed by atoms with Gasteiger partial charge in [0.2, 0.25) is 0 Å². The van der Waals surface area contributed by atoms with E-state index in [2.05, 4.69) is 36.7 Å². The lowest BCUT2D eigenvalue weighted by molar-refractivity contribution is 0.615. The molecular formula is C26H55BrP+. The van der Waals surface area contributed by atoms with E-state index < -0.39 is 7.26 Å². The summed E-state index contributed by atoms with van der Waals surface area (Å²) < 4.78 is 0. The first-order valence-electron chi connectivity index (χ1n) is 13.2. The van der Waals surface area contributed by atoms with Crippen LogP contribution in [0.15, 0.2) is 0 Å². The number of alkyl halides is 1. The summed E-state index contributed by atoms with van der Waals surface area (Å²) in [6.45, 7) is 6.98. The van der Waals surface area contributed by atoms with Gasteiger partial charge in [0.25, 0.3) is 0 Å². The minimum Gasteiger partial charge on any atom is -0.0889 e. The molecule has 0 aliphatic rings. The van der Waals surface area contributed by atoms with Crippen molar-refractivity contribution in [3.63, 3.8) is 0 Å². The fourth-order valence-corrected chi connectivity index (χ4v) is 11.2. The van der Waals surface area contributed by atoms with Crippen LogP contribution in [-0.2, 0) is 0 Å². The fraction of sp³-hybridized carbons (Fsp3) is 1.00. The number of hydrogen-bond donors (Lipinski definition) is 0. The van der Waals surface area contributed by atoms with Crippen LogP contribution in [0, 0.1) is 0 Å². The van der Waals surface area contributed by atoms with Gasteiger partial charge in [-0.05, 0) is 38.5 Å². The highest BCUT2D eigenvalue weighted by Crippen LogP contribution is 2.61. The van der Waals surface area contributed by atoms with Gasteiger partial charge >= 0.3 is 0 Å². The average Bonchev–Trinajstić information content (AvgIpc) is 2.70. The maximum atomic E-state index is 3.84. The highest BCUT2D eigenvalue weighted by molar-refractivity contribution is 9.09. The Morgan fingerprint density at radius 3 is 0.964 bits per heavy atom. The van der Waals surface area contributed by atoms with Crippen LogP contribution in [0.4, 0.5) is 0 Å².